The van der Waals surface area contributed by atoms with Gasteiger partial charge in [-0.25, -0.2) is 4.39 Å². The molecule has 5 nitrogen and oxygen atoms in total. The lowest BCUT2D eigenvalue weighted by Gasteiger charge is -2.38. The Morgan fingerprint density at radius 1 is 1.13 bits per heavy atom. The third-order valence-corrected chi connectivity index (χ3v) is 5.79. The summed E-state index contributed by atoms with van der Waals surface area (Å²) in [5.41, 5.74) is 3.29. The molecule has 0 saturated carbocycles. The first-order chi connectivity index (χ1) is 14.9. The van der Waals surface area contributed by atoms with Crippen molar-refractivity contribution in [2.45, 2.75) is 32.3 Å². The van der Waals surface area contributed by atoms with Crippen molar-refractivity contribution in [3.8, 4) is 11.3 Å². The Hall–Kier alpha value is -3.12. The van der Waals surface area contributed by atoms with Crippen molar-refractivity contribution in [3.05, 3.63) is 83.6 Å². The lowest BCUT2D eigenvalue weighted by molar-refractivity contribution is -0.144. The van der Waals surface area contributed by atoms with Crippen LogP contribution < -0.4 is 0 Å². The van der Waals surface area contributed by atoms with Gasteiger partial charge >= 0.3 is 0 Å². The molecule has 0 bridgehead atoms. The summed E-state index contributed by atoms with van der Waals surface area (Å²) in [7, 11) is 0. The average molecular weight is 420 g/mol. The van der Waals surface area contributed by atoms with E-state index in [9.17, 15) is 9.18 Å². The van der Waals surface area contributed by atoms with Gasteiger partial charge in [0.2, 0.25) is 5.91 Å². The second kappa shape index (κ2) is 8.55. The Morgan fingerprint density at radius 3 is 2.61 bits per heavy atom. The minimum Gasteiger partial charge on any atom is -0.368 e. The summed E-state index contributed by atoms with van der Waals surface area (Å²) in [6, 6.07) is 14.3. The molecule has 1 aliphatic heterocycles. The van der Waals surface area contributed by atoms with E-state index in [1.54, 1.807) is 24.5 Å². The number of carbonyl (C=O) groups is 1. The van der Waals surface area contributed by atoms with E-state index >= 15 is 0 Å². The third kappa shape index (κ3) is 4.35. The van der Waals surface area contributed by atoms with Crippen LogP contribution in [0.15, 0.2) is 60.9 Å². The van der Waals surface area contributed by atoms with E-state index < -0.39 is 11.5 Å². The van der Waals surface area contributed by atoms with Gasteiger partial charge in [0.1, 0.15) is 11.9 Å². The molecule has 0 aliphatic carbocycles. The number of aryl methyl sites for hydroxylation is 1. The first-order valence-electron chi connectivity index (χ1n) is 10.4. The highest BCUT2D eigenvalue weighted by atomic mass is 19.1. The van der Waals surface area contributed by atoms with E-state index in [-0.39, 0.29) is 11.7 Å². The molecule has 0 spiro atoms. The number of hydrogen-bond acceptors (Lipinski definition) is 4. The van der Waals surface area contributed by atoms with E-state index in [0.717, 1.165) is 11.1 Å². The molecular weight excluding hydrogens is 393 g/mol. The maximum Gasteiger partial charge on any atom is 0.232 e. The van der Waals surface area contributed by atoms with E-state index in [2.05, 4.69) is 9.97 Å². The van der Waals surface area contributed by atoms with Gasteiger partial charge in [-0.2, -0.15) is 0 Å². The van der Waals surface area contributed by atoms with Gasteiger partial charge in [0.25, 0.3) is 0 Å². The Morgan fingerprint density at radius 2 is 1.87 bits per heavy atom. The Bertz CT molecular complexity index is 1080. The van der Waals surface area contributed by atoms with Crippen molar-refractivity contribution in [2.24, 2.45) is 0 Å². The van der Waals surface area contributed by atoms with E-state index in [0.29, 0.717) is 36.6 Å². The Balaban J connectivity index is 1.60. The molecule has 0 N–H and O–H groups in total. The zero-order valence-corrected chi connectivity index (χ0v) is 18.0. The summed E-state index contributed by atoms with van der Waals surface area (Å²) in [6.07, 6.45) is 2.74. The molecule has 160 valence electrons. The molecule has 4 rings (SSSR count). The number of halogens is 1. The molecule has 0 radical (unpaired) electrons. The van der Waals surface area contributed by atoms with Crippen molar-refractivity contribution in [1.82, 2.24) is 14.9 Å². The third-order valence-electron chi connectivity index (χ3n) is 5.79. The van der Waals surface area contributed by atoms with Crippen LogP contribution in [-0.2, 0) is 14.9 Å². The van der Waals surface area contributed by atoms with Crippen LogP contribution in [0.3, 0.4) is 0 Å². The molecule has 1 saturated heterocycles. The van der Waals surface area contributed by atoms with Crippen LogP contribution in [0.2, 0.25) is 0 Å². The van der Waals surface area contributed by atoms with Gasteiger partial charge < -0.3 is 9.64 Å². The predicted octanol–water partition coefficient (Wildman–Crippen LogP) is 4.47. The number of rotatable bonds is 4. The summed E-state index contributed by atoms with van der Waals surface area (Å²) < 4.78 is 19.8. The zero-order valence-electron chi connectivity index (χ0n) is 18.0. The van der Waals surface area contributed by atoms with Gasteiger partial charge in [0, 0.05) is 24.5 Å². The fourth-order valence-corrected chi connectivity index (χ4v) is 3.93. The molecule has 1 atom stereocenters. The lowest BCUT2D eigenvalue weighted by Crippen LogP contribution is -2.49. The van der Waals surface area contributed by atoms with Crippen LogP contribution in [0, 0.1) is 12.7 Å². The minimum atomic E-state index is -0.663. The Kier molecular flexibility index (Phi) is 5.83. The summed E-state index contributed by atoms with van der Waals surface area (Å²) >= 11 is 0. The first-order valence-corrected chi connectivity index (χ1v) is 10.4. The van der Waals surface area contributed by atoms with E-state index in [4.69, 9.17) is 4.74 Å². The van der Waals surface area contributed by atoms with Gasteiger partial charge in [-0.1, -0.05) is 42.0 Å². The van der Waals surface area contributed by atoms with Crippen LogP contribution in [0.5, 0.6) is 0 Å². The number of ether oxygens (including phenoxy) is 1. The van der Waals surface area contributed by atoms with E-state index in [1.165, 1.54) is 12.1 Å². The fraction of sp³-hybridized carbons (Fsp3) is 0.320. The van der Waals surface area contributed by atoms with Crippen molar-refractivity contribution >= 4 is 5.91 Å². The van der Waals surface area contributed by atoms with Crippen LogP contribution in [-0.4, -0.2) is 40.5 Å². The molecule has 2 heterocycles. The number of hydrogen-bond donors (Lipinski definition) is 0. The largest absolute Gasteiger partial charge is 0.368 e. The fourth-order valence-electron chi connectivity index (χ4n) is 3.93. The van der Waals surface area contributed by atoms with Crippen LogP contribution in [0.25, 0.3) is 11.3 Å². The van der Waals surface area contributed by atoms with Crippen molar-refractivity contribution < 1.29 is 13.9 Å². The normalized spacial score (nSPS) is 16.9. The number of aromatic nitrogens is 2. The first kappa shape index (κ1) is 21.1. The SMILES string of the molecule is Cc1ccc(C(C)(C)C(=O)N2CCO[C@@H](c3nccnc3-c3cccc(F)c3)C2)cc1. The van der Waals surface area contributed by atoms with Crippen LogP contribution in [0.4, 0.5) is 4.39 Å². The smallest absolute Gasteiger partial charge is 0.232 e. The highest BCUT2D eigenvalue weighted by Gasteiger charge is 2.37. The monoisotopic (exact) mass is 419 g/mol. The molecule has 1 amide bonds. The van der Waals surface area contributed by atoms with Gasteiger partial charge in [-0.15, -0.1) is 0 Å². The molecule has 1 aromatic heterocycles. The Labute approximate surface area is 181 Å². The maximum absolute atomic E-state index is 13.8. The average Bonchev–Trinajstić information content (AvgIpc) is 2.79. The summed E-state index contributed by atoms with van der Waals surface area (Å²) in [4.78, 5) is 24.2. The molecule has 1 fully saturated rings. The standard InChI is InChI=1S/C25H26FN3O2/c1-17-7-9-19(10-8-17)25(2,3)24(30)29-13-14-31-21(16-29)23-22(27-11-12-28-23)18-5-4-6-20(26)15-18/h4-12,15,21H,13-14,16H2,1-3H3/t21-/m1/s1. The molecular formula is C25H26FN3O2. The maximum atomic E-state index is 13.8. The highest BCUT2D eigenvalue weighted by molar-refractivity contribution is 5.87. The second-order valence-corrected chi connectivity index (χ2v) is 8.40. The van der Waals surface area contributed by atoms with Crippen LogP contribution >= 0.6 is 0 Å². The summed E-state index contributed by atoms with van der Waals surface area (Å²) in [5, 5.41) is 0. The number of morpholine rings is 1. The topological polar surface area (TPSA) is 55.3 Å². The van der Waals surface area contributed by atoms with E-state index in [1.807, 2.05) is 49.9 Å². The number of nitrogens with zero attached hydrogens (tertiary/aromatic N) is 3. The quantitative estimate of drug-likeness (QED) is 0.626. The summed E-state index contributed by atoms with van der Waals surface area (Å²) in [5.74, 6) is -0.295. The lowest BCUT2D eigenvalue weighted by atomic mass is 9.82. The van der Waals surface area contributed by atoms with Crippen molar-refractivity contribution in [3.63, 3.8) is 0 Å². The predicted molar refractivity (Wildman–Crippen MR) is 117 cm³/mol. The molecule has 2 aromatic carbocycles. The number of amides is 1. The molecule has 1 aliphatic rings. The molecule has 31 heavy (non-hydrogen) atoms. The van der Waals surface area contributed by atoms with Crippen molar-refractivity contribution in [1.29, 1.82) is 0 Å². The number of carbonyl (C=O) groups excluding carboxylic acids is 1. The molecule has 3 aromatic rings. The number of benzene rings is 2. The van der Waals surface area contributed by atoms with Gasteiger partial charge in [-0.05, 0) is 38.5 Å². The van der Waals surface area contributed by atoms with Gasteiger partial charge in [0.15, 0.2) is 0 Å². The summed E-state index contributed by atoms with van der Waals surface area (Å²) in [6.45, 7) is 7.22. The zero-order chi connectivity index (χ0) is 22.0. The molecule has 0 unspecified atom stereocenters. The van der Waals surface area contributed by atoms with Gasteiger partial charge in [0.05, 0.1) is 30.0 Å². The second-order valence-electron chi connectivity index (χ2n) is 8.40. The van der Waals surface area contributed by atoms with Crippen molar-refractivity contribution in [2.75, 3.05) is 19.7 Å². The molecule has 6 heteroatoms. The minimum absolute atomic E-state index is 0.0425. The van der Waals surface area contributed by atoms with Gasteiger partial charge in [-0.3, -0.25) is 14.8 Å². The highest BCUT2D eigenvalue weighted by Crippen LogP contribution is 2.32. The van der Waals surface area contributed by atoms with Crippen LogP contribution in [0.1, 0.15) is 36.8 Å².